The summed E-state index contributed by atoms with van der Waals surface area (Å²) in [6.07, 6.45) is -2.00. The Morgan fingerprint density at radius 3 is 1.50 bits per heavy atom. The van der Waals surface area contributed by atoms with E-state index in [-0.39, 0.29) is 12.8 Å². The van der Waals surface area contributed by atoms with Crippen molar-refractivity contribution in [2.45, 2.75) is 25.0 Å². The molecule has 4 atom stereocenters. The van der Waals surface area contributed by atoms with Gasteiger partial charge in [0.15, 0.2) is 0 Å². The van der Waals surface area contributed by atoms with Crippen molar-refractivity contribution in [3.05, 3.63) is 0 Å². The van der Waals surface area contributed by atoms with Crippen LogP contribution in [0.2, 0.25) is 0 Å². The summed E-state index contributed by atoms with van der Waals surface area (Å²) in [5.74, 6) is -2.64. The van der Waals surface area contributed by atoms with Gasteiger partial charge in [-0.1, -0.05) is 0 Å². The minimum absolute atomic E-state index is 0.00755. The summed E-state index contributed by atoms with van der Waals surface area (Å²) in [6.45, 7) is 0. The molecule has 0 heterocycles. The summed E-state index contributed by atoms with van der Waals surface area (Å²) >= 11 is 0. The molecule has 0 saturated heterocycles. The van der Waals surface area contributed by atoms with E-state index >= 15 is 0 Å². The van der Waals surface area contributed by atoms with Crippen LogP contribution in [0, 0.1) is 11.8 Å². The van der Waals surface area contributed by atoms with Crippen molar-refractivity contribution < 1.29 is 29.3 Å². The van der Waals surface area contributed by atoms with Crippen LogP contribution in [0.4, 0.5) is 0 Å². The lowest BCUT2D eigenvalue weighted by Crippen LogP contribution is -2.45. The Balaban J connectivity index is 2.83. The molecule has 0 aromatic rings. The molecule has 6 nitrogen and oxygen atoms in total. The van der Waals surface area contributed by atoms with E-state index in [2.05, 4.69) is 9.47 Å². The van der Waals surface area contributed by atoms with Gasteiger partial charge in [0.2, 0.25) is 0 Å². The van der Waals surface area contributed by atoms with E-state index in [1.807, 2.05) is 0 Å². The largest absolute Gasteiger partial charge is 0.469 e. The number of rotatable bonds is 2. The number of hydrogen-bond acceptors (Lipinski definition) is 6. The second kappa shape index (κ2) is 5.27. The van der Waals surface area contributed by atoms with Gasteiger partial charge in [-0.2, -0.15) is 0 Å². The lowest BCUT2D eigenvalue weighted by Gasteiger charge is -2.33. The van der Waals surface area contributed by atoms with Gasteiger partial charge >= 0.3 is 11.9 Å². The summed E-state index contributed by atoms with van der Waals surface area (Å²) in [4.78, 5) is 22.9. The van der Waals surface area contributed by atoms with E-state index < -0.39 is 36.0 Å². The van der Waals surface area contributed by atoms with Crippen LogP contribution < -0.4 is 0 Å². The smallest absolute Gasteiger partial charge is 0.309 e. The maximum atomic E-state index is 11.4. The standard InChI is InChI=1S/C10H16O6/c1-15-9(13)5-3-7(11)8(12)4-6(5)10(14)16-2/h5-8,11-12H,3-4H2,1-2H3/t5-,6+,7-,8+. The van der Waals surface area contributed by atoms with Gasteiger partial charge in [-0.25, -0.2) is 0 Å². The summed E-state index contributed by atoms with van der Waals surface area (Å²) in [5.41, 5.74) is 0. The molecular weight excluding hydrogens is 216 g/mol. The zero-order valence-corrected chi connectivity index (χ0v) is 9.25. The highest BCUT2D eigenvalue weighted by atomic mass is 16.5. The molecule has 0 aliphatic heterocycles. The van der Waals surface area contributed by atoms with Crippen LogP contribution in [0.15, 0.2) is 0 Å². The van der Waals surface area contributed by atoms with Crippen molar-refractivity contribution in [2.24, 2.45) is 11.8 Å². The van der Waals surface area contributed by atoms with Crippen LogP contribution in [0.25, 0.3) is 0 Å². The predicted molar refractivity (Wildman–Crippen MR) is 52.3 cm³/mol. The van der Waals surface area contributed by atoms with E-state index in [0.29, 0.717) is 0 Å². The third kappa shape index (κ3) is 2.51. The highest BCUT2D eigenvalue weighted by Gasteiger charge is 2.44. The Morgan fingerprint density at radius 1 is 0.938 bits per heavy atom. The van der Waals surface area contributed by atoms with Crippen molar-refractivity contribution in [3.8, 4) is 0 Å². The van der Waals surface area contributed by atoms with Crippen LogP contribution in [0.5, 0.6) is 0 Å². The molecule has 0 aromatic carbocycles. The minimum Gasteiger partial charge on any atom is -0.469 e. The number of carbonyl (C=O) groups excluding carboxylic acids is 2. The molecule has 1 aliphatic rings. The molecule has 1 saturated carbocycles. The molecule has 0 radical (unpaired) electrons. The van der Waals surface area contributed by atoms with Crippen molar-refractivity contribution in [3.63, 3.8) is 0 Å². The van der Waals surface area contributed by atoms with Gasteiger partial charge in [0.05, 0.1) is 38.3 Å². The Hall–Kier alpha value is -1.14. The monoisotopic (exact) mass is 232 g/mol. The van der Waals surface area contributed by atoms with Crippen LogP contribution >= 0.6 is 0 Å². The summed E-state index contributed by atoms with van der Waals surface area (Å²) in [5, 5.41) is 18.9. The molecule has 0 amide bonds. The molecule has 0 spiro atoms. The molecule has 1 rings (SSSR count). The molecule has 0 aromatic heterocycles. The zero-order chi connectivity index (χ0) is 12.3. The second-order valence-corrected chi connectivity index (χ2v) is 3.87. The molecular formula is C10H16O6. The zero-order valence-electron chi connectivity index (χ0n) is 9.25. The first-order valence-electron chi connectivity index (χ1n) is 5.03. The average molecular weight is 232 g/mol. The first kappa shape index (κ1) is 12.9. The van der Waals surface area contributed by atoms with E-state index in [9.17, 15) is 19.8 Å². The number of esters is 2. The lowest BCUT2D eigenvalue weighted by molar-refractivity contribution is -0.166. The third-order valence-corrected chi connectivity index (χ3v) is 2.93. The molecule has 6 heteroatoms. The predicted octanol–water partition coefficient (Wildman–Crippen LogP) is -0.920. The van der Waals surface area contributed by atoms with Gasteiger partial charge < -0.3 is 19.7 Å². The van der Waals surface area contributed by atoms with Gasteiger partial charge in [0.1, 0.15) is 0 Å². The quantitative estimate of drug-likeness (QED) is 0.598. The fourth-order valence-electron chi connectivity index (χ4n) is 1.99. The lowest BCUT2D eigenvalue weighted by atomic mass is 9.76. The van der Waals surface area contributed by atoms with Gasteiger partial charge in [-0.3, -0.25) is 9.59 Å². The van der Waals surface area contributed by atoms with E-state index in [4.69, 9.17) is 0 Å². The van der Waals surface area contributed by atoms with Crippen LogP contribution in [-0.4, -0.2) is 48.6 Å². The molecule has 1 fully saturated rings. The van der Waals surface area contributed by atoms with Crippen molar-refractivity contribution in [1.29, 1.82) is 0 Å². The number of methoxy groups -OCH3 is 2. The topological polar surface area (TPSA) is 93.1 Å². The first-order valence-corrected chi connectivity index (χ1v) is 5.03. The minimum atomic E-state index is -1.01. The fourth-order valence-corrected chi connectivity index (χ4v) is 1.99. The van der Waals surface area contributed by atoms with Gasteiger partial charge in [-0.05, 0) is 12.8 Å². The first-order chi connectivity index (χ1) is 7.51. The number of carbonyl (C=O) groups is 2. The highest BCUT2D eigenvalue weighted by molar-refractivity contribution is 5.82. The van der Waals surface area contributed by atoms with E-state index in [0.717, 1.165) is 0 Å². The van der Waals surface area contributed by atoms with E-state index in [1.165, 1.54) is 14.2 Å². The Labute approximate surface area is 93.2 Å². The van der Waals surface area contributed by atoms with Crippen LogP contribution in [0.3, 0.4) is 0 Å². The van der Waals surface area contributed by atoms with Crippen LogP contribution in [-0.2, 0) is 19.1 Å². The Bertz CT molecular complexity index is 248. The fraction of sp³-hybridized carbons (Fsp3) is 0.800. The van der Waals surface area contributed by atoms with Crippen molar-refractivity contribution in [2.75, 3.05) is 14.2 Å². The van der Waals surface area contributed by atoms with Gasteiger partial charge in [-0.15, -0.1) is 0 Å². The summed E-state index contributed by atoms with van der Waals surface area (Å²) in [6, 6.07) is 0. The SMILES string of the molecule is COC(=O)[C@H]1C[C@H](O)[C@H](O)C[C@H]1C(=O)OC. The average Bonchev–Trinajstić information content (AvgIpc) is 2.30. The molecule has 16 heavy (non-hydrogen) atoms. The maximum absolute atomic E-state index is 11.4. The number of aliphatic hydroxyl groups excluding tert-OH is 2. The number of aliphatic hydroxyl groups is 2. The highest BCUT2D eigenvalue weighted by Crippen LogP contribution is 2.32. The van der Waals surface area contributed by atoms with E-state index in [1.54, 1.807) is 0 Å². The molecule has 1 aliphatic carbocycles. The number of hydrogen-bond donors (Lipinski definition) is 2. The third-order valence-electron chi connectivity index (χ3n) is 2.93. The second-order valence-electron chi connectivity index (χ2n) is 3.87. The molecule has 0 bridgehead atoms. The summed E-state index contributed by atoms with van der Waals surface area (Å²) < 4.78 is 9.12. The normalized spacial score (nSPS) is 34.2. The molecule has 0 unspecified atom stereocenters. The molecule has 92 valence electrons. The van der Waals surface area contributed by atoms with Crippen molar-refractivity contribution in [1.82, 2.24) is 0 Å². The van der Waals surface area contributed by atoms with Crippen LogP contribution in [0.1, 0.15) is 12.8 Å². The maximum Gasteiger partial charge on any atom is 0.309 e. The van der Waals surface area contributed by atoms with Gasteiger partial charge in [0, 0.05) is 0 Å². The Kier molecular flexibility index (Phi) is 4.26. The Morgan fingerprint density at radius 2 is 1.25 bits per heavy atom. The number of ether oxygens (including phenoxy) is 2. The molecule has 2 N–H and O–H groups in total. The van der Waals surface area contributed by atoms with Gasteiger partial charge in [0.25, 0.3) is 0 Å². The van der Waals surface area contributed by atoms with Crippen molar-refractivity contribution >= 4 is 11.9 Å². The summed E-state index contributed by atoms with van der Waals surface area (Å²) in [7, 11) is 2.43.